The fraction of sp³-hybridized carbons (Fsp3) is 0.214. The van der Waals surface area contributed by atoms with Crippen LogP contribution in [0.3, 0.4) is 0 Å². The summed E-state index contributed by atoms with van der Waals surface area (Å²) in [4.78, 5) is 27.0. The molecule has 0 radical (unpaired) electrons. The fourth-order valence-electron chi connectivity index (χ4n) is 4.72. The molecule has 8 heteroatoms. The quantitative estimate of drug-likeness (QED) is 0.294. The summed E-state index contributed by atoms with van der Waals surface area (Å²) in [6.07, 6.45) is -3.20. The van der Waals surface area contributed by atoms with E-state index < -0.39 is 24.3 Å². The first-order valence-corrected chi connectivity index (χ1v) is 11.6. The Labute approximate surface area is 207 Å². The van der Waals surface area contributed by atoms with Crippen LogP contribution < -0.4 is 5.32 Å². The number of aliphatic hydroxyl groups is 2. The number of aromatic amines is 1. The van der Waals surface area contributed by atoms with Gasteiger partial charge in [0.25, 0.3) is 0 Å². The van der Waals surface area contributed by atoms with Gasteiger partial charge in [0.05, 0.1) is 7.11 Å². The van der Waals surface area contributed by atoms with Gasteiger partial charge >= 0.3 is 12.1 Å². The van der Waals surface area contributed by atoms with Crippen molar-refractivity contribution in [1.29, 1.82) is 0 Å². The molecule has 1 aliphatic rings. The van der Waals surface area contributed by atoms with Crippen LogP contribution in [0.1, 0.15) is 39.2 Å². The molecule has 0 fully saturated rings. The van der Waals surface area contributed by atoms with Gasteiger partial charge in [0.2, 0.25) is 0 Å². The molecule has 184 valence electrons. The van der Waals surface area contributed by atoms with Gasteiger partial charge in [-0.15, -0.1) is 0 Å². The Morgan fingerprint density at radius 3 is 2.31 bits per heavy atom. The molecule has 3 aromatic carbocycles. The van der Waals surface area contributed by atoms with Crippen molar-refractivity contribution in [1.82, 2.24) is 10.3 Å². The monoisotopic (exact) mass is 486 g/mol. The number of methoxy groups -OCH3 is 1. The molecule has 8 nitrogen and oxygen atoms in total. The number of carbonyl (C=O) groups excluding carboxylic acids is 2. The van der Waals surface area contributed by atoms with Crippen LogP contribution in [-0.4, -0.2) is 53.6 Å². The summed E-state index contributed by atoms with van der Waals surface area (Å²) in [5, 5.41) is 24.3. The third kappa shape index (κ3) is 4.44. The molecule has 1 aromatic heterocycles. The lowest BCUT2D eigenvalue weighted by Gasteiger charge is -2.19. The number of hydrogen-bond acceptors (Lipinski definition) is 6. The number of aromatic nitrogens is 1. The molecule has 0 saturated carbocycles. The van der Waals surface area contributed by atoms with Crippen molar-refractivity contribution in [2.45, 2.75) is 18.1 Å². The Balaban J connectivity index is 1.18. The average Bonchev–Trinajstić information content (AvgIpc) is 3.48. The van der Waals surface area contributed by atoms with Gasteiger partial charge in [-0.25, -0.2) is 9.59 Å². The molecule has 36 heavy (non-hydrogen) atoms. The molecular weight excluding hydrogens is 460 g/mol. The summed E-state index contributed by atoms with van der Waals surface area (Å²) in [6.45, 7) is -0.0431. The van der Waals surface area contributed by atoms with Gasteiger partial charge in [0.1, 0.15) is 24.5 Å². The Kier molecular flexibility index (Phi) is 6.45. The van der Waals surface area contributed by atoms with Crippen LogP contribution in [0.2, 0.25) is 0 Å². The fourth-order valence-corrected chi connectivity index (χ4v) is 4.72. The molecular formula is C28H26N2O6. The van der Waals surface area contributed by atoms with Gasteiger partial charge in [0.15, 0.2) is 0 Å². The number of rotatable bonds is 7. The smallest absolute Gasteiger partial charge is 0.407 e. The third-order valence-corrected chi connectivity index (χ3v) is 6.56. The SMILES string of the molecule is COC(=O)c1cc2ccc(C(O)C(O)CNC(=O)OCC3c4ccccc4-c4ccccc43)cc2[nH]1. The van der Waals surface area contributed by atoms with Gasteiger partial charge in [-0.2, -0.15) is 0 Å². The Hall–Kier alpha value is -4.14. The zero-order valence-corrected chi connectivity index (χ0v) is 19.6. The zero-order valence-electron chi connectivity index (χ0n) is 19.6. The van der Waals surface area contributed by atoms with Crippen molar-refractivity contribution in [3.05, 3.63) is 95.2 Å². The molecule has 2 unspecified atom stereocenters. The first-order chi connectivity index (χ1) is 17.5. The number of aliphatic hydroxyl groups excluding tert-OH is 2. The third-order valence-electron chi connectivity index (χ3n) is 6.56. The number of benzene rings is 3. The lowest BCUT2D eigenvalue weighted by atomic mass is 9.98. The lowest BCUT2D eigenvalue weighted by Crippen LogP contribution is -2.36. The van der Waals surface area contributed by atoms with Crippen LogP contribution in [-0.2, 0) is 9.47 Å². The molecule has 1 amide bonds. The second-order valence-corrected chi connectivity index (χ2v) is 8.74. The number of fused-ring (bicyclic) bond motifs is 4. The number of alkyl carbamates (subject to hydrolysis) is 1. The maximum atomic E-state index is 12.4. The van der Waals surface area contributed by atoms with E-state index in [0.29, 0.717) is 11.1 Å². The average molecular weight is 487 g/mol. The van der Waals surface area contributed by atoms with Gasteiger partial charge in [-0.05, 0) is 39.9 Å². The highest BCUT2D eigenvalue weighted by Gasteiger charge is 2.29. The normalized spacial score (nSPS) is 14.1. The van der Waals surface area contributed by atoms with Crippen LogP contribution in [0.4, 0.5) is 4.79 Å². The Morgan fingerprint density at radius 2 is 1.64 bits per heavy atom. The highest BCUT2D eigenvalue weighted by molar-refractivity contribution is 5.94. The summed E-state index contributed by atoms with van der Waals surface area (Å²) in [6, 6.07) is 22.8. The van der Waals surface area contributed by atoms with E-state index in [1.807, 2.05) is 36.4 Å². The van der Waals surface area contributed by atoms with Crippen molar-refractivity contribution in [3.63, 3.8) is 0 Å². The van der Waals surface area contributed by atoms with Crippen molar-refractivity contribution >= 4 is 23.0 Å². The Bertz CT molecular complexity index is 1380. The van der Waals surface area contributed by atoms with E-state index in [0.717, 1.165) is 27.6 Å². The number of amides is 1. The molecule has 0 bridgehead atoms. The minimum Gasteiger partial charge on any atom is -0.464 e. The summed E-state index contributed by atoms with van der Waals surface area (Å²) in [7, 11) is 1.29. The number of esters is 1. The van der Waals surface area contributed by atoms with E-state index in [2.05, 4.69) is 22.4 Å². The van der Waals surface area contributed by atoms with E-state index in [1.165, 1.54) is 7.11 Å². The summed E-state index contributed by atoms with van der Waals surface area (Å²) in [5.74, 6) is -0.568. The predicted molar refractivity (Wildman–Crippen MR) is 134 cm³/mol. The number of nitrogens with one attached hydrogen (secondary N) is 2. The largest absolute Gasteiger partial charge is 0.464 e. The molecule has 0 aliphatic heterocycles. The van der Waals surface area contributed by atoms with Crippen LogP contribution in [0.5, 0.6) is 0 Å². The molecule has 1 aliphatic carbocycles. The number of carbonyl (C=O) groups is 2. The van der Waals surface area contributed by atoms with E-state index in [-0.39, 0.29) is 24.8 Å². The maximum absolute atomic E-state index is 12.4. The highest BCUT2D eigenvalue weighted by Crippen LogP contribution is 2.44. The zero-order chi connectivity index (χ0) is 25.2. The topological polar surface area (TPSA) is 121 Å². The standard InChI is InChI=1S/C28H26N2O6/c1-35-27(33)24-12-16-10-11-17(13-23(16)30-24)26(32)25(31)14-29-28(34)36-15-22-20-8-4-2-6-18(20)19-7-3-5-9-21(19)22/h2-13,22,25-26,30-32H,14-15H2,1H3,(H,29,34). The molecule has 0 spiro atoms. The van der Waals surface area contributed by atoms with Crippen LogP contribution >= 0.6 is 0 Å². The minimum absolute atomic E-state index is 0.0685. The second kappa shape index (κ2) is 9.85. The van der Waals surface area contributed by atoms with Gasteiger partial charge in [-0.3, -0.25) is 0 Å². The number of hydrogen-bond donors (Lipinski definition) is 4. The molecule has 1 heterocycles. The van der Waals surface area contributed by atoms with E-state index in [1.54, 1.807) is 24.3 Å². The van der Waals surface area contributed by atoms with Gasteiger partial charge in [-0.1, -0.05) is 60.7 Å². The molecule has 4 N–H and O–H groups in total. The van der Waals surface area contributed by atoms with Gasteiger partial charge in [0, 0.05) is 23.4 Å². The van der Waals surface area contributed by atoms with Crippen LogP contribution in [0.25, 0.3) is 22.0 Å². The maximum Gasteiger partial charge on any atom is 0.407 e. The first kappa shape index (κ1) is 23.6. The molecule has 2 atom stereocenters. The number of ether oxygens (including phenoxy) is 2. The molecule has 0 saturated heterocycles. The van der Waals surface area contributed by atoms with Crippen molar-refractivity contribution in [2.75, 3.05) is 20.3 Å². The van der Waals surface area contributed by atoms with E-state index in [9.17, 15) is 19.8 Å². The first-order valence-electron chi connectivity index (χ1n) is 11.6. The summed E-state index contributed by atoms with van der Waals surface area (Å²) >= 11 is 0. The van der Waals surface area contributed by atoms with Crippen LogP contribution in [0, 0.1) is 0 Å². The minimum atomic E-state index is -1.27. The molecule has 4 aromatic rings. The van der Waals surface area contributed by atoms with E-state index >= 15 is 0 Å². The Morgan fingerprint density at radius 1 is 0.972 bits per heavy atom. The van der Waals surface area contributed by atoms with Crippen LogP contribution in [0.15, 0.2) is 72.8 Å². The summed E-state index contributed by atoms with van der Waals surface area (Å²) in [5.41, 5.74) is 5.83. The lowest BCUT2D eigenvalue weighted by molar-refractivity contribution is 0.0186. The highest BCUT2D eigenvalue weighted by atomic mass is 16.5. The second-order valence-electron chi connectivity index (χ2n) is 8.74. The van der Waals surface area contributed by atoms with Crippen molar-refractivity contribution in [3.8, 4) is 11.1 Å². The molecule has 5 rings (SSSR count). The van der Waals surface area contributed by atoms with E-state index in [4.69, 9.17) is 9.47 Å². The van der Waals surface area contributed by atoms with Crippen molar-refractivity contribution in [2.24, 2.45) is 0 Å². The summed E-state index contributed by atoms with van der Waals surface area (Å²) < 4.78 is 10.2. The number of H-pyrrole nitrogens is 1. The van der Waals surface area contributed by atoms with Gasteiger partial charge < -0.3 is 30.0 Å². The van der Waals surface area contributed by atoms with Crippen molar-refractivity contribution < 1.29 is 29.3 Å². The predicted octanol–water partition coefficient (Wildman–Crippen LogP) is 3.89.